The van der Waals surface area contributed by atoms with Gasteiger partial charge in [0, 0.05) is 11.9 Å². The molecule has 0 bridgehead atoms. The number of aromatic nitrogens is 2. The third kappa shape index (κ3) is 1.59. The van der Waals surface area contributed by atoms with Gasteiger partial charge in [-0.05, 0) is 25.3 Å². The van der Waals surface area contributed by atoms with E-state index in [2.05, 4.69) is 10.2 Å². The van der Waals surface area contributed by atoms with Crippen LogP contribution in [-0.2, 0) is 4.74 Å². The number of fused-ring (bicyclic) bond motifs is 1. The highest BCUT2D eigenvalue weighted by Gasteiger charge is 2.47. The van der Waals surface area contributed by atoms with E-state index in [-0.39, 0.29) is 11.4 Å². The fourth-order valence-electron chi connectivity index (χ4n) is 3.34. The van der Waals surface area contributed by atoms with Gasteiger partial charge in [0.15, 0.2) is 0 Å². The second-order valence-electron chi connectivity index (χ2n) is 5.73. The SMILES string of the molecule is O=C(c1cccc2cn[nH]c12)N1CCOCC12CCC2. The van der Waals surface area contributed by atoms with E-state index < -0.39 is 0 Å². The van der Waals surface area contributed by atoms with Crippen molar-refractivity contribution in [2.75, 3.05) is 19.8 Å². The molecule has 4 rings (SSSR count). The fourth-order valence-corrected chi connectivity index (χ4v) is 3.34. The highest BCUT2D eigenvalue weighted by atomic mass is 16.5. The van der Waals surface area contributed by atoms with Gasteiger partial charge in [-0.15, -0.1) is 0 Å². The van der Waals surface area contributed by atoms with Crippen molar-refractivity contribution in [1.29, 1.82) is 0 Å². The van der Waals surface area contributed by atoms with Crippen LogP contribution in [0.4, 0.5) is 0 Å². The van der Waals surface area contributed by atoms with Crippen LogP contribution in [0.2, 0.25) is 0 Å². The van der Waals surface area contributed by atoms with Crippen LogP contribution < -0.4 is 0 Å². The van der Waals surface area contributed by atoms with Gasteiger partial charge in [-0.3, -0.25) is 9.89 Å². The summed E-state index contributed by atoms with van der Waals surface area (Å²) in [5.74, 6) is 0.0999. The number of carbonyl (C=O) groups excluding carboxylic acids is 1. The van der Waals surface area contributed by atoms with Crippen molar-refractivity contribution >= 4 is 16.8 Å². The molecule has 1 spiro atoms. The van der Waals surface area contributed by atoms with Gasteiger partial charge in [-0.25, -0.2) is 0 Å². The molecule has 0 radical (unpaired) electrons. The van der Waals surface area contributed by atoms with Crippen LogP contribution in [0.5, 0.6) is 0 Å². The molecule has 1 aromatic carbocycles. The first-order chi connectivity index (χ1) is 9.80. The molecule has 0 atom stereocenters. The zero-order valence-corrected chi connectivity index (χ0v) is 11.3. The Kier molecular flexibility index (Phi) is 2.57. The number of carbonyl (C=O) groups is 1. The molecule has 1 amide bonds. The number of nitrogens with one attached hydrogen (secondary N) is 1. The number of hydrogen-bond acceptors (Lipinski definition) is 3. The molecule has 5 nitrogen and oxygen atoms in total. The maximum absolute atomic E-state index is 12.9. The summed E-state index contributed by atoms with van der Waals surface area (Å²) in [6.45, 7) is 1.99. The van der Waals surface area contributed by atoms with Gasteiger partial charge in [-0.2, -0.15) is 5.10 Å². The van der Waals surface area contributed by atoms with Gasteiger partial charge < -0.3 is 9.64 Å². The quantitative estimate of drug-likeness (QED) is 0.862. The minimum atomic E-state index is -0.0580. The summed E-state index contributed by atoms with van der Waals surface area (Å²) in [5.41, 5.74) is 1.49. The molecule has 1 aliphatic heterocycles. The van der Waals surface area contributed by atoms with Crippen LogP contribution in [0, 0.1) is 0 Å². The van der Waals surface area contributed by atoms with Crippen molar-refractivity contribution in [1.82, 2.24) is 15.1 Å². The zero-order chi connectivity index (χ0) is 13.6. The highest BCUT2D eigenvalue weighted by Crippen LogP contribution is 2.40. The van der Waals surface area contributed by atoms with E-state index in [1.807, 2.05) is 23.1 Å². The molecule has 104 valence electrons. The maximum atomic E-state index is 12.9. The first kappa shape index (κ1) is 11.9. The number of benzene rings is 1. The third-order valence-electron chi connectivity index (χ3n) is 4.64. The lowest BCUT2D eigenvalue weighted by Crippen LogP contribution is -2.62. The lowest BCUT2D eigenvalue weighted by atomic mass is 9.75. The van der Waals surface area contributed by atoms with Crippen LogP contribution in [-0.4, -0.2) is 46.3 Å². The van der Waals surface area contributed by atoms with Gasteiger partial charge in [0.25, 0.3) is 5.91 Å². The highest BCUT2D eigenvalue weighted by molar-refractivity contribution is 6.05. The summed E-state index contributed by atoms with van der Waals surface area (Å²) < 4.78 is 5.60. The lowest BCUT2D eigenvalue weighted by Gasteiger charge is -2.52. The smallest absolute Gasteiger partial charge is 0.256 e. The number of para-hydroxylation sites is 1. The molecule has 1 N–H and O–H groups in total. The van der Waals surface area contributed by atoms with Gasteiger partial charge >= 0.3 is 0 Å². The standard InChI is InChI=1S/C15H17N3O2/c19-14(12-4-1-3-11-9-16-17-13(11)12)18-7-8-20-10-15(18)5-2-6-15/h1,3-4,9H,2,5-8,10H2,(H,16,17). The number of nitrogens with zero attached hydrogens (tertiary/aromatic N) is 2. The van der Waals surface area contributed by atoms with E-state index in [1.54, 1.807) is 6.20 Å². The van der Waals surface area contributed by atoms with Crippen molar-refractivity contribution in [3.63, 3.8) is 0 Å². The predicted molar refractivity (Wildman–Crippen MR) is 74.5 cm³/mol. The summed E-state index contributed by atoms with van der Waals surface area (Å²) in [6.07, 6.45) is 5.04. The molecule has 2 aromatic rings. The van der Waals surface area contributed by atoms with E-state index in [1.165, 1.54) is 6.42 Å². The molecule has 2 heterocycles. The van der Waals surface area contributed by atoms with Crippen molar-refractivity contribution < 1.29 is 9.53 Å². The Bertz CT molecular complexity index is 660. The minimum absolute atomic E-state index is 0.0580. The molecule has 1 saturated carbocycles. The van der Waals surface area contributed by atoms with Crippen LogP contribution in [0.25, 0.3) is 10.9 Å². The number of ether oxygens (including phenoxy) is 1. The molecule has 2 fully saturated rings. The van der Waals surface area contributed by atoms with Crippen LogP contribution >= 0.6 is 0 Å². The number of amides is 1. The van der Waals surface area contributed by atoms with Crippen LogP contribution in [0.15, 0.2) is 24.4 Å². The molecule has 5 heteroatoms. The number of morpholine rings is 1. The Morgan fingerprint density at radius 2 is 2.30 bits per heavy atom. The van der Waals surface area contributed by atoms with Gasteiger partial charge in [0.1, 0.15) is 0 Å². The van der Waals surface area contributed by atoms with Gasteiger partial charge in [-0.1, -0.05) is 12.1 Å². The van der Waals surface area contributed by atoms with Crippen LogP contribution in [0.3, 0.4) is 0 Å². The number of H-pyrrole nitrogens is 1. The predicted octanol–water partition coefficient (Wildman–Crippen LogP) is 1.96. The molecule has 1 saturated heterocycles. The van der Waals surface area contributed by atoms with E-state index >= 15 is 0 Å². The second kappa shape index (κ2) is 4.31. The zero-order valence-electron chi connectivity index (χ0n) is 11.3. The summed E-state index contributed by atoms with van der Waals surface area (Å²) in [5, 5.41) is 7.96. The maximum Gasteiger partial charge on any atom is 0.256 e. The minimum Gasteiger partial charge on any atom is -0.377 e. The molecule has 1 aromatic heterocycles. The van der Waals surface area contributed by atoms with Crippen molar-refractivity contribution in [2.45, 2.75) is 24.8 Å². The molecular formula is C15H17N3O2. The third-order valence-corrected chi connectivity index (χ3v) is 4.64. The fraction of sp³-hybridized carbons (Fsp3) is 0.467. The Morgan fingerprint density at radius 1 is 1.40 bits per heavy atom. The van der Waals surface area contributed by atoms with E-state index in [9.17, 15) is 4.79 Å². The molecule has 1 aliphatic carbocycles. The van der Waals surface area contributed by atoms with E-state index in [4.69, 9.17) is 4.74 Å². The number of aromatic amines is 1. The number of rotatable bonds is 1. The normalized spacial score (nSPS) is 21.1. The summed E-state index contributed by atoms with van der Waals surface area (Å²) >= 11 is 0. The average Bonchev–Trinajstić information content (AvgIpc) is 2.93. The molecule has 0 unspecified atom stereocenters. The van der Waals surface area contributed by atoms with Gasteiger partial charge in [0.05, 0.1) is 36.0 Å². The Hall–Kier alpha value is -1.88. The monoisotopic (exact) mass is 271 g/mol. The largest absolute Gasteiger partial charge is 0.377 e. The summed E-state index contributed by atoms with van der Waals surface area (Å²) in [4.78, 5) is 15.0. The van der Waals surface area contributed by atoms with Crippen molar-refractivity contribution in [2.24, 2.45) is 0 Å². The lowest BCUT2D eigenvalue weighted by molar-refractivity contribution is -0.0876. The summed E-state index contributed by atoms with van der Waals surface area (Å²) in [6, 6.07) is 5.76. The Morgan fingerprint density at radius 3 is 3.10 bits per heavy atom. The van der Waals surface area contributed by atoms with Crippen LogP contribution in [0.1, 0.15) is 29.6 Å². The topological polar surface area (TPSA) is 58.2 Å². The average molecular weight is 271 g/mol. The van der Waals surface area contributed by atoms with Crippen molar-refractivity contribution in [3.05, 3.63) is 30.0 Å². The summed E-state index contributed by atoms with van der Waals surface area (Å²) in [7, 11) is 0. The van der Waals surface area contributed by atoms with E-state index in [0.717, 1.165) is 23.7 Å². The van der Waals surface area contributed by atoms with E-state index in [0.29, 0.717) is 25.3 Å². The van der Waals surface area contributed by atoms with Gasteiger partial charge in [0.2, 0.25) is 0 Å². The first-order valence-corrected chi connectivity index (χ1v) is 7.12. The molecule has 2 aliphatic rings. The second-order valence-corrected chi connectivity index (χ2v) is 5.73. The Balaban J connectivity index is 1.74. The Labute approximate surface area is 116 Å². The molecule has 20 heavy (non-hydrogen) atoms. The number of hydrogen-bond donors (Lipinski definition) is 1. The van der Waals surface area contributed by atoms with Crippen molar-refractivity contribution in [3.8, 4) is 0 Å². The first-order valence-electron chi connectivity index (χ1n) is 7.12. The molecular weight excluding hydrogens is 254 g/mol.